The minimum atomic E-state index is -1.36. The molecule has 11 heteroatoms. The molecule has 0 heterocycles. The van der Waals surface area contributed by atoms with Gasteiger partial charge in [0.15, 0.2) is 0 Å². The number of hydrogen-bond acceptors (Lipinski definition) is 10. The molecular weight excluding hydrogens is 348 g/mol. The summed E-state index contributed by atoms with van der Waals surface area (Å²) in [7, 11) is 1.42. The quantitative estimate of drug-likeness (QED) is 0.293. The van der Waals surface area contributed by atoms with Crippen molar-refractivity contribution in [3.63, 3.8) is 0 Å². The van der Waals surface area contributed by atoms with Gasteiger partial charge >= 0.3 is 0 Å². The summed E-state index contributed by atoms with van der Waals surface area (Å²) in [5, 5.41) is 34.7. The Labute approximate surface area is 152 Å². The van der Waals surface area contributed by atoms with Crippen LogP contribution in [0.4, 0.5) is 0 Å². The Morgan fingerprint density at radius 2 is 1.08 bits per heavy atom. The van der Waals surface area contributed by atoms with Gasteiger partial charge in [-0.1, -0.05) is 6.92 Å². The molecule has 0 bridgehead atoms. The van der Waals surface area contributed by atoms with Gasteiger partial charge in [0.25, 0.3) is 0 Å². The Morgan fingerprint density at radius 3 is 1.50 bits per heavy atom. The lowest BCUT2D eigenvalue weighted by atomic mass is 10.3. The van der Waals surface area contributed by atoms with Crippen molar-refractivity contribution in [2.24, 2.45) is 0 Å². The van der Waals surface area contributed by atoms with Gasteiger partial charge in [-0.05, 0) is 6.54 Å². The molecule has 0 unspecified atom stereocenters. The van der Waals surface area contributed by atoms with Gasteiger partial charge in [-0.2, -0.15) is 0 Å². The number of hydrogen-bond donors (Lipinski definition) is 1. The second-order valence-corrected chi connectivity index (χ2v) is 5.64. The lowest BCUT2D eigenvalue weighted by molar-refractivity contribution is -0.308. The molecule has 11 nitrogen and oxygen atoms in total. The highest BCUT2D eigenvalue weighted by atomic mass is 16.4. The number of rotatable bonds is 15. The number of carboxylic acids is 3. The molecule has 0 spiro atoms. The zero-order valence-electron chi connectivity index (χ0n) is 15.1. The molecule has 0 atom stereocenters. The number of nitrogens with one attached hydrogen (secondary N) is 1. The van der Waals surface area contributed by atoms with Gasteiger partial charge in [-0.15, -0.1) is 0 Å². The van der Waals surface area contributed by atoms with E-state index in [4.69, 9.17) is 0 Å². The number of carbonyl (C=O) groups is 4. The minimum absolute atomic E-state index is 0.112. The van der Waals surface area contributed by atoms with Gasteiger partial charge in [-0.25, -0.2) is 0 Å². The summed E-state index contributed by atoms with van der Waals surface area (Å²) in [5.41, 5.74) is 0. The van der Waals surface area contributed by atoms with Crippen LogP contribution in [-0.2, 0) is 19.2 Å². The Morgan fingerprint density at radius 1 is 0.692 bits per heavy atom. The first-order valence-electron chi connectivity index (χ1n) is 8.15. The van der Waals surface area contributed by atoms with Crippen molar-refractivity contribution in [3.05, 3.63) is 0 Å². The Balaban J connectivity index is 4.73. The van der Waals surface area contributed by atoms with Crippen LogP contribution in [0.2, 0.25) is 0 Å². The number of carboxylic acid groups (broad SMARTS) is 3. The van der Waals surface area contributed by atoms with Crippen LogP contribution in [-0.4, -0.2) is 104 Å². The highest BCUT2D eigenvalue weighted by Crippen LogP contribution is 1.96. The molecule has 0 saturated heterocycles. The number of aliphatic carboxylic acids is 3. The van der Waals surface area contributed by atoms with E-state index >= 15 is 0 Å². The topological polar surface area (TPSA) is 159 Å². The predicted molar refractivity (Wildman–Crippen MR) is 84.1 cm³/mol. The molecule has 1 amide bonds. The summed E-state index contributed by atoms with van der Waals surface area (Å²) >= 11 is 0. The minimum Gasteiger partial charge on any atom is -0.549 e. The fourth-order valence-electron chi connectivity index (χ4n) is 2.23. The van der Waals surface area contributed by atoms with Crippen LogP contribution in [0.15, 0.2) is 0 Å². The zero-order valence-corrected chi connectivity index (χ0v) is 15.1. The van der Waals surface area contributed by atoms with E-state index in [0.717, 1.165) is 0 Å². The second kappa shape index (κ2) is 13.0. The standard InChI is InChI=1S/C15H28N4O7/c1-3-17(9-13(21)22)4-5-18(10-14(23)24)6-7-19(11-15(25)26)8-12(20)16-2/h3-11H2,1-2H3,(H,16,20)(H,21,22)(H,23,24)(H,25,26)/p-3. The first-order chi connectivity index (χ1) is 12.2. The summed E-state index contributed by atoms with van der Waals surface area (Å²) in [4.78, 5) is 48.1. The molecule has 0 rings (SSSR count). The first kappa shape index (κ1) is 23.8. The Kier molecular flexibility index (Phi) is 11.9. The summed E-state index contributed by atoms with van der Waals surface area (Å²) in [6, 6.07) is 0. The van der Waals surface area contributed by atoms with Gasteiger partial charge in [0.05, 0.1) is 24.5 Å². The van der Waals surface area contributed by atoms with E-state index in [1.165, 1.54) is 16.8 Å². The first-order valence-corrected chi connectivity index (χ1v) is 8.15. The van der Waals surface area contributed by atoms with Gasteiger partial charge in [0, 0.05) is 52.9 Å². The van der Waals surface area contributed by atoms with Crippen LogP contribution in [0.1, 0.15) is 6.92 Å². The highest BCUT2D eigenvalue weighted by Gasteiger charge is 2.14. The van der Waals surface area contributed by atoms with Crippen LogP contribution in [0.5, 0.6) is 0 Å². The van der Waals surface area contributed by atoms with Crippen molar-refractivity contribution in [1.82, 2.24) is 20.0 Å². The summed E-state index contributed by atoms with van der Waals surface area (Å²) in [5.74, 6) is -4.29. The molecular formula is C15H25N4O7-3. The van der Waals surface area contributed by atoms with Crippen LogP contribution in [0, 0.1) is 0 Å². The van der Waals surface area contributed by atoms with Crippen LogP contribution in [0.3, 0.4) is 0 Å². The molecule has 0 aromatic carbocycles. The van der Waals surface area contributed by atoms with Crippen molar-refractivity contribution in [1.29, 1.82) is 0 Å². The van der Waals surface area contributed by atoms with E-state index in [-0.39, 0.29) is 45.2 Å². The number of nitrogens with zero attached hydrogens (tertiary/aromatic N) is 3. The van der Waals surface area contributed by atoms with Gasteiger partial charge in [0.2, 0.25) is 5.91 Å². The fraction of sp³-hybridized carbons (Fsp3) is 0.733. The molecule has 1 N–H and O–H groups in total. The molecule has 0 aliphatic rings. The van der Waals surface area contributed by atoms with Crippen LogP contribution >= 0.6 is 0 Å². The summed E-state index contributed by atoms with van der Waals surface area (Å²) in [6.07, 6.45) is 0. The van der Waals surface area contributed by atoms with Gasteiger partial charge in [-0.3, -0.25) is 19.5 Å². The molecule has 0 aliphatic carbocycles. The zero-order chi connectivity index (χ0) is 20.1. The van der Waals surface area contributed by atoms with Crippen molar-refractivity contribution in [3.8, 4) is 0 Å². The molecule has 0 radical (unpaired) electrons. The third kappa shape index (κ3) is 12.2. The van der Waals surface area contributed by atoms with Crippen LogP contribution < -0.4 is 20.6 Å². The van der Waals surface area contributed by atoms with Crippen molar-refractivity contribution >= 4 is 23.8 Å². The molecule has 150 valence electrons. The number of carbonyl (C=O) groups excluding carboxylic acids is 4. The smallest absolute Gasteiger partial charge is 0.233 e. The SMILES string of the molecule is CCN(CCN(CCN(CC(=O)[O-])CC(=O)NC)CC(=O)[O-])CC(=O)[O-]. The van der Waals surface area contributed by atoms with E-state index < -0.39 is 31.0 Å². The average Bonchev–Trinajstić information content (AvgIpc) is 2.54. The third-order valence-corrected chi connectivity index (χ3v) is 3.62. The Bertz CT molecular complexity index is 487. The Hall–Kier alpha value is -2.24. The van der Waals surface area contributed by atoms with Gasteiger partial charge < -0.3 is 35.0 Å². The molecule has 26 heavy (non-hydrogen) atoms. The molecule has 0 aromatic heterocycles. The molecule has 0 fully saturated rings. The monoisotopic (exact) mass is 373 g/mol. The van der Waals surface area contributed by atoms with E-state index in [1.807, 2.05) is 0 Å². The van der Waals surface area contributed by atoms with Gasteiger partial charge in [0.1, 0.15) is 0 Å². The predicted octanol–water partition coefficient (Wildman–Crippen LogP) is -6.09. The van der Waals surface area contributed by atoms with Crippen molar-refractivity contribution < 1.29 is 34.5 Å². The molecule has 0 saturated carbocycles. The van der Waals surface area contributed by atoms with Crippen molar-refractivity contribution in [2.45, 2.75) is 6.92 Å². The molecule has 0 aliphatic heterocycles. The van der Waals surface area contributed by atoms with E-state index in [1.54, 1.807) is 11.8 Å². The average molecular weight is 373 g/mol. The second-order valence-electron chi connectivity index (χ2n) is 5.64. The maximum absolute atomic E-state index is 11.4. The third-order valence-electron chi connectivity index (χ3n) is 3.62. The van der Waals surface area contributed by atoms with E-state index in [0.29, 0.717) is 6.54 Å². The summed E-state index contributed by atoms with van der Waals surface area (Å²) in [6.45, 7) is 1.67. The lowest BCUT2D eigenvalue weighted by Crippen LogP contribution is -2.49. The van der Waals surface area contributed by atoms with Crippen molar-refractivity contribution in [2.75, 3.05) is 66.0 Å². The fourth-order valence-corrected chi connectivity index (χ4v) is 2.23. The maximum atomic E-state index is 11.4. The normalized spacial score (nSPS) is 11.1. The summed E-state index contributed by atoms with van der Waals surface area (Å²) < 4.78 is 0. The number of amides is 1. The highest BCUT2D eigenvalue weighted by molar-refractivity contribution is 5.78. The van der Waals surface area contributed by atoms with Crippen LogP contribution in [0.25, 0.3) is 0 Å². The van der Waals surface area contributed by atoms with E-state index in [2.05, 4.69) is 5.32 Å². The molecule has 0 aromatic rings. The lowest BCUT2D eigenvalue weighted by Gasteiger charge is -2.30. The van der Waals surface area contributed by atoms with E-state index in [9.17, 15) is 34.5 Å². The largest absolute Gasteiger partial charge is 0.549 e. The number of likely N-dealkylation sites (N-methyl/N-ethyl adjacent to an activating group) is 2. The maximum Gasteiger partial charge on any atom is 0.233 e.